The lowest BCUT2D eigenvalue weighted by Gasteiger charge is -2.38. The van der Waals surface area contributed by atoms with E-state index in [1.54, 1.807) is 6.20 Å². The van der Waals surface area contributed by atoms with Crippen LogP contribution in [0.15, 0.2) is 36.5 Å². The van der Waals surface area contributed by atoms with Crippen LogP contribution in [-0.2, 0) is 4.79 Å². The third-order valence-electron chi connectivity index (χ3n) is 6.03. The van der Waals surface area contributed by atoms with E-state index in [9.17, 15) is 9.59 Å². The van der Waals surface area contributed by atoms with Gasteiger partial charge in [-0.2, -0.15) is 5.10 Å². The van der Waals surface area contributed by atoms with Crippen molar-refractivity contribution in [1.82, 2.24) is 19.6 Å². The van der Waals surface area contributed by atoms with Crippen molar-refractivity contribution < 1.29 is 9.59 Å². The maximum Gasteiger partial charge on any atom is 0.253 e. The molecule has 2 aliphatic rings. The average Bonchev–Trinajstić information content (AvgIpc) is 3.37. The fourth-order valence-electron chi connectivity index (χ4n) is 4.50. The molecule has 2 aromatic rings. The van der Waals surface area contributed by atoms with Crippen LogP contribution in [0.4, 0.5) is 0 Å². The van der Waals surface area contributed by atoms with Crippen molar-refractivity contribution in [1.29, 1.82) is 0 Å². The fraction of sp³-hybridized carbons (Fsp3) is 0.476. The predicted octanol–water partition coefficient (Wildman–Crippen LogP) is 1.74. The minimum absolute atomic E-state index is 0.0649. The number of amides is 2. The van der Waals surface area contributed by atoms with Crippen LogP contribution in [0.25, 0.3) is 5.69 Å². The van der Waals surface area contributed by atoms with Gasteiger partial charge < -0.3 is 10.6 Å². The van der Waals surface area contributed by atoms with Crippen LogP contribution in [0, 0.1) is 6.92 Å². The SMILES string of the molecule is Cc1ccnn1-c1ccc(C(=O)N2CCC(N3CCC[C@@H]3C(N)=O)CC2)cc1. The lowest BCUT2D eigenvalue weighted by Crippen LogP contribution is -2.51. The second-order valence-corrected chi connectivity index (χ2v) is 7.75. The van der Waals surface area contributed by atoms with Crippen LogP contribution < -0.4 is 5.73 Å². The van der Waals surface area contributed by atoms with Gasteiger partial charge in [0.25, 0.3) is 5.91 Å². The zero-order chi connectivity index (χ0) is 19.7. The molecule has 148 valence electrons. The highest BCUT2D eigenvalue weighted by atomic mass is 16.2. The van der Waals surface area contributed by atoms with Gasteiger partial charge in [-0.25, -0.2) is 4.68 Å². The number of rotatable bonds is 4. The summed E-state index contributed by atoms with van der Waals surface area (Å²) < 4.78 is 1.85. The van der Waals surface area contributed by atoms with Crippen molar-refractivity contribution >= 4 is 11.8 Å². The normalized spacial score (nSPS) is 21.2. The molecule has 28 heavy (non-hydrogen) atoms. The van der Waals surface area contributed by atoms with Gasteiger partial charge in [-0.15, -0.1) is 0 Å². The van der Waals surface area contributed by atoms with Gasteiger partial charge in [-0.05, 0) is 69.5 Å². The summed E-state index contributed by atoms with van der Waals surface area (Å²) in [7, 11) is 0. The maximum atomic E-state index is 12.9. The molecule has 2 aliphatic heterocycles. The first kappa shape index (κ1) is 18.7. The average molecular weight is 381 g/mol. The highest BCUT2D eigenvalue weighted by Gasteiger charge is 2.36. The molecule has 1 aromatic carbocycles. The zero-order valence-corrected chi connectivity index (χ0v) is 16.3. The number of hydrogen-bond donors (Lipinski definition) is 1. The van der Waals surface area contributed by atoms with E-state index in [4.69, 9.17) is 5.73 Å². The van der Waals surface area contributed by atoms with E-state index < -0.39 is 0 Å². The molecule has 1 atom stereocenters. The van der Waals surface area contributed by atoms with Gasteiger partial charge in [0.2, 0.25) is 5.91 Å². The molecule has 0 aliphatic carbocycles. The minimum atomic E-state index is -0.219. The van der Waals surface area contributed by atoms with Gasteiger partial charge in [-0.3, -0.25) is 14.5 Å². The number of nitrogens with zero attached hydrogens (tertiary/aromatic N) is 4. The Morgan fingerprint density at radius 2 is 1.75 bits per heavy atom. The Kier molecular flexibility index (Phi) is 5.17. The van der Waals surface area contributed by atoms with Crippen LogP contribution in [0.2, 0.25) is 0 Å². The smallest absolute Gasteiger partial charge is 0.253 e. The van der Waals surface area contributed by atoms with Crippen LogP contribution in [-0.4, -0.2) is 63.1 Å². The molecule has 1 aromatic heterocycles. The van der Waals surface area contributed by atoms with E-state index in [1.807, 2.05) is 46.8 Å². The van der Waals surface area contributed by atoms with E-state index in [0.29, 0.717) is 24.7 Å². The lowest BCUT2D eigenvalue weighted by molar-refractivity contribution is -0.123. The summed E-state index contributed by atoms with van der Waals surface area (Å²) in [4.78, 5) is 28.7. The third-order valence-corrected chi connectivity index (χ3v) is 6.03. The summed E-state index contributed by atoms with van der Waals surface area (Å²) in [5.74, 6) is -0.154. The minimum Gasteiger partial charge on any atom is -0.368 e. The Labute approximate surface area is 165 Å². The largest absolute Gasteiger partial charge is 0.368 e. The molecule has 7 heteroatoms. The maximum absolute atomic E-state index is 12.9. The molecule has 0 radical (unpaired) electrons. The van der Waals surface area contributed by atoms with Crippen molar-refractivity contribution in [2.75, 3.05) is 19.6 Å². The number of primary amides is 1. The topological polar surface area (TPSA) is 84.5 Å². The van der Waals surface area contributed by atoms with Gasteiger partial charge >= 0.3 is 0 Å². The monoisotopic (exact) mass is 381 g/mol. The summed E-state index contributed by atoms with van der Waals surface area (Å²) >= 11 is 0. The summed E-state index contributed by atoms with van der Waals surface area (Å²) in [5, 5.41) is 4.30. The molecule has 2 saturated heterocycles. The molecule has 0 unspecified atom stereocenters. The van der Waals surface area contributed by atoms with Crippen molar-refractivity contribution in [2.45, 2.75) is 44.7 Å². The summed E-state index contributed by atoms with van der Waals surface area (Å²) in [6, 6.07) is 9.76. The van der Waals surface area contributed by atoms with Gasteiger partial charge in [0.1, 0.15) is 0 Å². The number of carbonyl (C=O) groups excluding carboxylic acids is 2. The molecular weight excluding hydrogens is 354 g/mol. The molecule has 3 heterocycles. The highest BCUT2D eigenvalue weighted by molar-refractivity contribution is 5.94. The summed E-state index contributed by atoms with van der Waals surface area (Å²) in [5.41, 5.74) is 8.25. The Hall–Kier alpha value is -2.67. The van der Waals surface area contributed by atoms with Crippen molar-refractivity contribution in [2.24, 2.45) is 5.73 Å². The molecule has 0 spiro atoms. The number of aryl methyl sites for hydroxylation is 1. The van der Waals surface area contributed by atoms with E-state index in [2.05, 4.69) is 10.00 Å². The Morgan fingerprint density at radius 3 is 2.36 bits per heavy atom. The summed E-state index contributed by atoms with van der Waals surface area (Å²) in [6.45, 7) is 4.36. The number of hydrogen-bond acceptors (Lipinski definition) is 4. The van der Waals surface area contributed by atoms with E-state index in [0.717, 1.165) is 43.6 Å². The van der Waals surface area contributed by atoms with Gasteiger partial charge in [-0.1, -0.05) is 0 Å². The lowest BCUT2D eigenvalue weighted by atomic mass is 10.0. The first-order valence-electron chi connectivity index (χ1n) is 10.00. The molecule has 7 nitrogen and oxygen atoms in total. The zero-order valence-electron chi connectivity index (χ0n) is 16.3. The number of likely N-dealkylation sites (tertiary alicyclic amines) is 2. The molecule has 4 rings (SSSR count). The fourth-order valence-corrected chi connectivity index (χ4v) is 4.50. The van der Waals surface area contributed by atoms with Gasteiger partial charge in [0.15, 0.2) is 0 Å². The van der Waals surface area contributed by atoms with E-state index in [1.165, 1.54) is 0 Å². The number of carbonyl (C=O) groups is 2. The predicted molar refractivity (Wildman–Crippen MR) is 106 cm³/mol. The molecule has 0 bridgehead atoms. The quantitative estimate of drug-likeness (QED) is 0.874. The van der Waals surface area contributed by atoms with Crippen molar-refractivity contribution in [3.05, 3.63) is 47.8 Å². The van der Waals surface area contributed by atoms with Gasteiger partial charge in [0.05, 0.1) is 11.7 Å². The molecule has 2 fully saturated rings. The van der Waals surface area contributed by atoms with Crippen molar-refractivity contribution in [3.8, 4) is 5.69 Å². The Morgan fingerprint density at radius 1 is 1.04 bits per heavy atom. The van der Waals surface area contributed by atoms with E-state index >= 15 is 0 Å². The van der Waals surface area contributed by atoms with Gasteiger partial charge in [0, 0.05) is 36.6 Å². The Balaban J connectivity index is 1.38. The first-order valence-corrected chi connectivity index (χ1v) is 10.00. The number of benzene rings is 1. The molecular formula is C21H27N5O2. The third kappa shape index (κ3) is 3.54. The van der Waals surface area contributed by atoms with Crippen molar-refractivity contribution in [3.63, 3.8) is 0 Å². The molecule has 0 saturated carbocycles. The van der Waals surface area contributed by atoms with Crippen LogP contribution >= 0.6 is 0 Å². The molecule has 2 amide bonds. The van der Waals surface area contributed by atoms with E-state index in [-0.39, 0.29) is 17.9 Å². The molecule has 2 N–H and O–H groups in total. The van der Waals surface area contributed by atoms with Crippen LogP contribution in [0.5, 0.6) is 0 Å². The number of nitrogens with two attached hydrogens (primary N) is 1. The first-order chi connectivity index (χ1) is 13.5. The Bertz CT molecular complexity index is 852. The highest BCUT2D eigenvalue weighted by Crippen LogP contribution is 2.26. The standard InChI is InChI=1S/C21H27N5O2/c1-15-8-11-23-26(15)18-6-4-16(5-7-18)21(28)24-13-9-17(10-14-24)25-12-2-3-19(25)20(22)27/h4-8,11,17,19H,2-3,9-10,12-14H2,1H3,(H2,22,27)/t19-/m1/s1. The summed E-state index contributed by atoms with van der Waals surface area (Å²) in [6.07, 6.45) is 5.42. The van der Waals surface area contributed by atoms with Crippen LogP contribution in [0.3, 0.4) is 0 Å². The second kappa shape index (κ2) is 7.75. The second-order valence-electron chi connectivity index (χ2n) is 7.75. The van der Waals surface area contributed by atoms with Crippen LogP contribution in [0.1, 0.15) is 41.7 Å². The number of piperidine rings is 1. The number of aromatic nitrogens is 2.